The van der Waals surface area contributed by atoms with E-state index in [0.29, 0.717) is 16.0 Å². The van der Waals surface area contributed by atoms with Gasteiger partial charge in [-0.1, -0.05) is 42.5 Å². The Morgan fingerprint density at radius 2 is 1.88 bits per heavy atom. The Balaban J connectivity index is 1.80. The number of ether oxygens (including phenoxy) is 1. The number of imide groups is 1. The predicted octanol–water partition coefficient (Wildman–Crippen LogP) is 3.71. The molecule has 0 N–H and O–H groups in total. The van der Waals surface area contributed by atoms with Crippen LogP contribution >= 0.6 is 11.8 Å². The SMILES string of the molecule is COC(=O)c1cccc(CN2C(=O)S/C(=C\c3ccccc3)C2=O)c1. The van der Waals surface area contributed by atoms with Crippen LogP contribution in [0.2, 0.25) is 0 Å². The number of benzene rings is 2. The van der Waals surface area contributed by atoms with Crippen LogP contribution in [-0.4, -0.2) is 29.1 Å². The van der Waals surface area contributed by atoms with Crippen LogP contribution in [0, 0.1) is 0 Å². The number of hydrogen-bond donors (Lipinski definition) is 0. The molecule has 0 radical (unpaired) electrons. The van der Waals surface area contributed by atoms with Gasteiger partial charge in [-0.15, -0.1) is 0 Å². The molecule has 0 atom stereocenters. The van der Waals surface area contributed by atoms with Gasteiger partial charge in [0.15, 0.2) is 0 Å². The minimum Gasteiger partial charge on any atom is -0.465 e. The summed E-state index contributed by atoms with van der Waals surface area (Å²) < 4.78 is 4.69. The zero-order chi connectivity index (χ0) is 17.8. The molecule has 2 aromatic rings. The average molecular weight is 353 g/mol. The van der Waals surface area contributed by atoms with Crippen LogP contribution < -0.4 is 0 Å². The fraction of sp³-hybridized carbons (Fsp3) is 0.105. The third-order valence-electron chi connectivity index (χ3n) is 3.66. The van der Waals surface area contributed by atoms with Crippen molar-refractivity contribution in [1.82, 2.24) is 4.90 Å². The Kier molecular flexibility index (Phi) is 5.00. The monoisotopic (exact) mass is 353 g/mol. The molecule has 3 rings (SSSR count). The highest BCUT2D eigenvalue weighted by molar-refractivity contribution is 8.18. The number of rotatable bonds is 4. The minimum absolute atomic E-state index is 0.113. The van der Waals surface area contributed by atoms with Gasteiger partial charge in [-0.3, -0.25) is 14.5 Å². The molecule has 1 heterocycles. The van der Waals surface area contributed by atoms with Gasteiger partial charge in [-0.25, -0.2) is 4.79 Å². The summed E-state index contributed by atoms with van der Waals surface area (Å²) in [4.78, 5) is 37.9. The molecule has 0 spiro atoms. The van der Waals surface area contributed by atoms with E-state index in [-0.39, 0.29) is 17.7 Å². The van der Waals surface area contributed by atoms with Gasteiger partial charge in [0.25, 0.3) is 11.1 Å². The minimum atomic E-state index is -0.458. The third-order valence-corrected chi connectivity index (χ3v) is 4.57. The lowest BCUT2D eigenvalue weighted by Gasteiger charge is -2.13. The summed E-state index contributed by atoms with van der Waals surface area (Å²) >= 11 is 0.918. The van der Waals surface area contributed by atoms with Gasteiger partial charge >= 0.3 is 5.97 Å². The summed E-state index contributed by atoms with van der Waals surface area (Å²) in [6, 6.07) is 16.1. The van der Waals surface area contributed by atoms with Gasteiger partial charge in [0.05, 0.1) is 24.1 Å². The number of methoxy groups -OCH3 is 1. The highest BCUT2D eigenvalue weighted by Crippen LogP contribution is 2.33. The van der Waals surface area contributed by atoms with E-state index >= 15 is 0 Å². The van der Waals surface area contributed by atoms with Gasteiger partial charge in [-0.2, -0.15) is 0 Å². The normalized spacial score (nSPS) is 15.7. The molecule has 0 aromatic heterocycles. The Labute approximate surface area is 149 Å². The van der Waals surface area contributed by atoms with Crippen molar-refractivity contribution in [3.8, 4) is 0 Å². The van der Waals surface area contributed by atoms with E-state index in [2.05, 4.69) is 4.74 Å². The second-order valence-corrected chi connectivity index (χ2v) is 6.36. The van der Waals surface area contributed by atoms with Crippen LogP contribution in [0.1, 0.15) is 21.5 Å². The summed E-state index contributed by atoms with van der Waals surface area (Å²) in [6.45, 7) is 0.113. The standard InChI is InChI=1S/C19H15NO4S/c1-24-18(22)15-9-5-8-14(10-15)12-20-17(21)16(25-19(20)23)11-13-6-3-2-4-7-13/h2-11H,12H2,1H3/b16-11-. The maximum atomic E-state index is 12.5. The first-order valence-corrected chi connectivity index (χ1v) is 8.38. The van der Waals surface area contributed by atoms with Crippen LogP contribution in [0.4, 0.5) is 4.79 Å². The summed E-state index contributed by atoms with van der Waals surface area (Å²) in [7, 11) is 1.31. The van der Waals surface area contributed by atoms with Crippen molar-refractivity contribution in [3.63, 3.8) is 0 Å². The smallest absolute Gasteiger partial charge is 0.337 e. The zero-order valence-electron chi connectivity index (χ0n) is 13.5. The lowest BCUT2D eigenvalue weighted by Crippen LogP contribution is -2.27. The molecule has 2 aromatic carbocycles. The first-order valence-electron chi connectivity index (χ1n) is 7.56. The maximum absolute atomic E-state index is 12.5. The second kappa shape index (κ2) is 7.36. The molecule has 1 saturated heterocycles. The number of esters is 1. The highest BCUT2D eigenvalue weighted by Gasteiger charge is 2.35. The van der Waals surface area contributed by atoms with Crippen molar-refractivity contribution in [2.45, 2.75) is 6.54 Å². The van der Waals surface area contributed by atoms with Crippen LogP contribution in [0.3, 0.4) is 0 Å². The average Bonchev–Trinajstić information content (AvgIpc) is 2.89. The number of carbonyl (C=O) groups is 3. The molecule has 25 heavy (non-hydrogen) atoms. The molecule has 0 unspecified atom stereocenters. The summed E-state index contributed by atoms with van der Waals surface area (Å²) in [6.07, 6.45) is 1.70. The molecule has 2 amide bonds. The lowest BCUT2D eigenvalue weighted by atomic mass is 10.1. The molecule has 0 saturated carbocycles. The van der Waals surface area contributed by atoms with Crippen molar-refractivity contribution in [2.75, 3.05) is 7.11 Å². The van der Waals surface area contributed by atoms with Crippen molar-refractivity contribution in [2.24, 2.45) is 0 Å². The van der Waals surface area contributed by atoms with Gasteiger partial charge in [-0.05, 0) is 41.1 Å². The molecule has 5 nitrogen and oxygen atoms in total. The van der Waals surface area contributed by atoms with E-state index < -0.39 is 5.97 Å². The van der Waals surface area contributed by atoms with E-state index in [1.807, 2.05) is 30.3 Å². The van der Waals surface area contributed by atoms with E-state index in [1.165, 1.54) is 12.0 Å². The summed E-state index contributed by atoms with van der Waals surface area (Å²) in [5, 5.41) is -0.323. The number of carbonyl (C=O) groups excluding carboxylic acids is 3. The summed E-state index contributed by atoms with van der Waals surface area (Å²) in [5.41, 5.74) is 1.93. The predicted molar refractivity (Wildman–Crippen MR) is 95.7 cm³/mol. The molecule has 0 bridgehead atoms. The topological polar surface area (TPSA) is 63.7 Å². The van der Waals surface area contributed by atoms with Crippen LogP contribution in [-0.2, 0) is 16.1 Å². The van der Waals surface area contributed by atoms with E-state index in [4.69, 9.17) is 0 Å². The molecule has 6 heteroatoms. The van der Waals surface area contributed by atoms with Gasteiger partial charge in [0.2, 0.25) is 0 Å². The third kappa shape index (κ3) is 3.80. The Hall–Kier alpha value is -2.86. The number of thioether (sulfide) groups is 1. The molecule has 0 aliphatic carbocycles. The Morgan fingerprint density at radius 1 is 1.12 bits per heavy atom. The number of nitrogens with zero attached hydrogens (tertiary/aromatic N) is 1. The second-order valence-electron chi connectivity index (χ2n) is 5.37. The first-order chi connectivity index (χ1) is 12.1. The molecule has 1 aliphatic heterocycles. The van der Waals surface area contributed by atoms with Crippen LogP contribution in [0.25, 0.3) is 6.08 Å². The largest absolute Gasteiger partial charge is 0.465 e. The Bertz CT molecular complexity index is 861. The zero-order valence-corrected chi connectivity index (χ0v) is 14.3. The first kappa shape index (κ1) is 17.0. The molecular formula is C19H15NO4S. The van der Waals surface area contributed by atoms with E-state index in [9.17, 15) is 14.4 Å². The summed E-state index contributed by atoms with van der Waals surface area (Å²) in [5.74, 6) is -0.790. The van der Waals surface area contributed by atoms with Gasteiger partial charge in [0.1, 0.15) is 0 Å². The highest BCUT2D eigenvalue weighted by atomic mass is 32.2. The number of hydrogen-bond acceptors (Lipinski definition) is 5. The fourth-order valence-corrected chi connectivity index (χ4v) is 3.27. The fourth-order valence-electron chi connectivity index (χ4n) is 2.43. The number of amides is 2. The molecule has 126 valence electrons. The van der Waals surface area contributed by atoms with E-state index in [0.717, 1.165) is 17.3 Å². The quantitative estimate of drug-likeness (QED) is 0.619. The molecular weight excluding hydrogens is 338 g/mol. The van der Waals surface area contributed by atoms with Crippen molar-refractivity contribution in [1.29, 1.82) is 0 Å². The maximum Gasteiger partial charge on any atom is 0.337 e. The lowest BCUT2D eigenvalue weighted by molar-refractivity contribution is -0.123. The van der Waals surface area contributed by atoms with E-state index in [1.54, 1.807) is 30.3 Å². The van der Waals surface area contributed by atoms with Gasteiger partial charge < -0.3 is 4.74 Å². The van der Waals surface area contributed by atoms with Gasteiger partial charge in [0, 0.05) is 0 Å². The molecule has 1 aliphatic rings. The van der Waals surface area contributed by atoms with Crippen LogP contribution in [0.15, 0.2) is 59.5 Å². The van der Waals surface area contributed by atoms with Crippen molar-refractivity contribution in [3.05, 3.63) is 76.2 Å². The van der Waals surface area contributed by atoms with Crippen molar-refractivity contribution < 1.29 is 19.1 Å². The van der Waals surface area contributed by atoms with Crippen molar-refractivity contribution >= 4 is 35.0 Å². The van der Waals surface area contributed by atoms with Crippen LogP contribution in [0.5, 0.6) is 0 Å². The molecule has 1 fully saturated rings. The Morgan fingerprint density at radius 3 is 2.60 bits per heavy atom.